The van der Waals surface area contributed by atoms with Gasteiger partial charge in [0.15, 0.2) is 0 Å². The summed E-state index contributed by atoms with van der Waals surface area (Å²) in [6, 6.07) is 10.6. The van der Waals surface area contributed by atoms with Crippen LogP contribution in [0, 0.1) is 0 Å². The van der Waals surface area contributed by atoms with Crippen LogP contribution in [0.4, 0.5) is 0 Å². The molecule has 0 spiro atoms. The molecule has 2 nitrogen and oxygen atoms in total. The van der Waals surface area contributed by atoms with Crippen LogP contribution in [0.1, 0.15) is 57.4 Å². The highest BCUT2D eigenvalue weighted by Gasteiger charge is 2.00. The first-order valence-electron chi connectivity index (χ1n) is 7.52. The van der Waals surface area contributed by atoms with Crippen LogP contribution in [0.3, 0.4) is 0 Å². The van der Waals surface area contributed by atoms with Gasteiger partial charge in [0.25, 0.3) is 0 Å². The summed E-state index contributed by atoms with van der Waals surface area (Å²) in [7, 11) is 0. The fraction of sp³-hybridized carbons (Fsp3) is 0.588. The molecule has 0 aliphatic rings. The molecule has 0 amide bonds. The number of rotatable bonds is 10. The van der Waals surface area contributed by atoms with Gasteiger partial charge in [-0.15, -0.1) is 0 Å². The Morgan fingerprint density at radius 2 is 1.74 bits per heavy atom. The van der Waals surface area contributed by atoms with Crippen molar-refractivity contribution in [2.75, 3.05) is 6.61 Å². The van der Waals surface area contributed by atoms with Gasteiger partial charge in [-0.25, -0.2) is 0 Å². The van der Waals surface area contributed by atoms with Crippen LogP contribution in [-0.4, -0.2) is 12.6 Å². The predicted octanol–water partition coefficient (Wildman–Crippen LogP) is 4.52. The molecule has 0 radical (unpaired) electrons. The molecule has 1 aromatic rings. The molecule has 0 fully saturated rings. The summed E-state index contributed by atoms with van der Waals surface area (Å²) >= 11 is 0. The molecule has 1 rings (SSSR count). The Balaban J connectivity index is 1.90. The van der Waals surface area contributed by atoms with Gasteiger partial charge in [-0.05, 0) is 31.2 Å². The molecule has 0 heterocycles. The van der Waals surface area contributed by atoms with E-state index in [-0.39, 0.29) is 5.97 Å². The number of unbranched alkanes of at least 4 members (excludes halogenated alkanes) is 4. The fourth-order valence-corrected chi connectivity index (χ4v) is 2.01. The van der Waals surface area contributed by atoms with Crippen LogP contribution in [0.5, 0.6) is 0 Å². The highest BCUT2D eigenvalue weighted by atomic mass is 16.5. The van der Waals surface area contributed by atoms with E-state index in [0.29, 0.717) is 13.0 Å². The normalized spacial score (nSPS) is 10.4. The first-order chi connectivity index (χ1) is 9.33. The van der Waals surface area contributed by atoms with Gasteiger partial charge < -0.3 is 4.74 Å². The minimum absolute atomic E-state index is 0.0360. The van der Waals surface area contributed by atoms with Crippen molar-refractivity contribution in [2.24, 2.45) is 0 Å². The molecular formula is C17H26O2. The van der Waals surface area contributed by atoms with Gasteiger partial charge in [0.05, 0.1) is 6.61 Å². The van der Waals surface area contributed by atoms with E-state index >= 15 is 0 Å². The predicted molar refractivity (Wildman–Crippen MR) is 79.1 cm³/mol. The van der Waals surface area contributed by atoms with Gasteiger partial charge in [0.1, 0.15) is 0 Å². The molecule has 0 aliphatic heterocycles. The summed E-state index contributed by atoms with van der Waals surface area (Å²) < 4.78 is 5.17. The maximum absolute atomic E-state index is 11.3. The lowest BCUT2D eigenvalue weighted by atomic mass is 10.1. The van der Waals surface area contributed by atoms with Crippen LogP contribution in [0.15, 0.2) is 30.3 Å². The highest BCUT2D eigenvalue weighted by molar-refractivity contribution is 5.69. The molecule has 19 heavy (non-hydrogen) atoms. The Bertz CT molecular complexity index is 332. The highest BCUT2D eigenvalue weighted by Crippen LogP contribution is 2.08. The van der Waals surface area contributed by atoms with Crippen LogP contribution in [0.25, 0.3) is 0 Å². The number of carbonyl (C=O) groups excluding carboxylic acids is 1. The monoisotopic (exact) mass is 262 g/mol. The molecular weight excluding hydrogens is 236 g/mol. The van der Waals surface area contributed by atoms with Crippen LogP contribution in [-0.2, 0) is 16.0 Å². The average molecular weight is 262 g/mol. The van der Waals surface area contributed by atoms with Crippen molar-refractivity contribution < 1.29 is 9.53 Å². The Labute approximate surface area is 117 Å². The lowest BCUT2D eigenvalue weighted by Gasteiger charge is -2.04. The fourth-order valence-electron chi connectivity index (χ4n) is 2.01. The smallest absolute Gasteiger partial charge is 0.305 e. The van der Waals surface area contributed by atoms with Gasteiger partial charge in [0, 0.05) is 6.42 Å². The third kappa shape index (κ3) is 8.41. The SMILES string of the molecule is CCCCC(=O)OCCCCCCc1ccccc1. The second-order valence-electron chi connectivity index (χ2n) is 4.97. The number of esters is 1. The molecule has 2 heteroatoms. The van der Waals surface area contributed by atoms with E-state index in [4.69, 9.17) is 4.74 Å². The lowest BCUT2D eigenvalue weighted by Crippen LogP contribution is -2.05. The quantitative estimate of drug-likeness (QED) is 0.457. The number of hydrogen-bond donors (Lipinski definition) is 0. The zero-order valence-corrected chi connectivity index (χ0v) is 12.1. The summed E-state index contributed by atoms with van der Waals surface area (Å²) in [4.78, 5) is 11.3. The van der Waals surface area contributed by atoms with E-state index in [2.05, 4.69) is 37.3 Å². The minimum atomic E-state index is -0.0360. The van der Waals surface area contributed by atoms with Crippen molar-refractivity contribution in [3.63, 3.8) is 0 Å². The van der Waals surface area contributed by atoms with Gasteiger partial charge in [0.2, 0.25) is 0 Å². The Hall–Kier alpha value is -1.31. The molecule has 1 aromatic carbocycles. The number of ether oxygens (including phenoxy) is 1. The first kappa shape index (κ1) is 15.7. The van der Waals surface area contributed by atoms with Gasteiger partial charge in [-0.3, -0.25) is 4.79 Å². The molecule has 0 aromatic heterocycles. The second kappa shape index (κ2) is 10.6. The second-order valence-corrected chi connectivity index (χ2v) is 4.97. The molecule has 0 N–H and O–H groups in total. The summed E-state index contributed by atoms with van der Waals surface area (Å²) in [6.45, 7) is 2.67. The summed E-state index contributed by atoms with van der Waals surface area (Å²) in [5, 5.41) is 0. The third-order valence-corrected chi connectivity index (χ3v) is 3.20. The van der Waals surface area contributed by atoms with E-state index in [9.17, 15) is 4.79 Å². The third-order valence-electron chi connectivity index (χ3n) is 3.20. The zero-order chi connectivity index (χ0) is 13.8. The summed E-state index contributed by atoms with van der Waals surface area (Å²) in [5.41, 5.74) is 1.41. The van der Waals surface area contributed by atoms with Crippen molar-refractivity contribution >= 4 is 5.97 Å². The Morgan fingerprint density at radius 3 is 2.47 bits per heavy atom. The van der Waals surface area contributed by atoms with Crippen molar-refractivity contribution in [3.8, 4) is 0 Å². The Morgan fingerprint density at radius 1 is 1.00 bits per heavy atom. The van der Waals surface area contributed by atoms with E-state index < -0.39 is 0 Å². The van der Waals surface area contributed by atoms with Crippen molar-refractivity contribution in [1.29, 1.82) is 0 Å². The maximum Gasteiger partial charge on any atom is 0.305 e. The molecule has 0 bridgehead atoms. The first-order valence-corrected chi connectivity index (χ1v) is 7.52. The number of benzene rings is 1. The standard InChI is InChI=1S/C17H26O2/c1-2-3-14-17(18)19-15-10-5-4-7-11-16-12-8-6-9-13-16/h6,8-9,12-13H,2-5,7,10-11,14-15H2,1H3. The van der Waals surface area contributed by atoms with Gasteiger partial charge in [-0.2, -0.15) is 0 Å². The molecule has 0 saturated heterocycles. The van der Waals surface area contributed by atoms with E-state index in [1.807, 2.05) is 0 Å². The van der Waals surface area contributed by atoms with Crippen molar-refractivity contribution in [2.45, 2.75) is 58.3 Å². The van der Waals surface area contributed by atoms with Crippen molar-refractivity contribution in [3.05, 3.63) is 35.9 Å². The largest absolute Gasteiger partial charge is 0.466 e. The minimum Gasteiger partial charge on any atom is -0.466 e. The average Bonchev–Trinajstić information content (AvgIpc) is 2.45. The van der Waals surface area contributed by atoms with E-state index in [1.54, 1.807) is 0 Å². The van der Waals surface area contributed by atoms with Crippen molar-refractivity contribution in [1.82, 2.24) is 0 Å². The molecule has 0 atom stereocenters. The number of carbonyl (C=O) groups is 1. The van der Waals surface area contributed by atoms with Crippen LogP contribution >= 0.6 is 0 Å². The van der Waals surface area contributed by atoms with E-state index in [0.717, 1.165) is 32.1 Å². The zero-order valence-electron chi connectivity index (χ0n) is 12.1. The van der Waals surface area contributed by atoms with E-state index in [1.165, 1.54) is 18.4 Å². The summed E-state index contributed by atoms with van der Waals surface area (Å²) in [5.74, 6) is -0.0360. The number of hydrogen-bond acceptors (Lipinski definition) is 2. The van der Waals surface area contributed by atoms with Gasteiger partial charge >= 0.3 is 5.97 Å². The van der Waals surface area contributed by atoms with Crippen LogP contribution in [0.2, 0.25) is 0 Å². The lowest BCUT2D eigenvalue weighted by molar-refractivity contribution is -0.143. The molecule has 0 aliphatic carbocycles. The molecule has 106 valence electrons. The Kier molecular flexibility index (Phi) is 8.78. The molecule has 0 unspecified atom stereocenters. The summed E-state index contributed by atoms with van der Waals surface area (Å²) in [6.07, 6.45) is 8.28. The number of aryl methyl sites for hydroxylation is 1. The maximum atomic E-state index is 11.3. The van der Waals surface area contributed by atoms with Gasteiger partial charge in [-0.1, -0.05) is 56.5 Å². The van der Waals surface area contributed by atoms with Crippen LogP contribution < -0.4 is 0 Å². The topological polar surface area (TPSA) is 26.3 Å². The molecule has 0 saturated carbocycles.